The van der Waals surface area contributed by atoms with Crippen LogP contribution in [0.25, 0.3) is 0 Å². The van der Waals surface area contributed by atoms with Crippen LogP contribution in [0.1, 0.15) is 25.3 Å². The van der Waals surface area contributed by atoms with E-state index in [-0.39, 0.29) is 19.7 Å². The molecule has 9 heteroatoms. The summed E-state index contributed by atoms with van der Waals surface area (Å²) in [6.45, 7) is 4.31. The Kier molecular flexibility index (Phi) is 8.56. The van der Waals surface area contributed by atoms with Crippen molar-refractivity contribution in [2.24, 2.45) is 0 Å². The van der Waals surface area contributed by atoms with Crippen LogP contribution in [-0.2, 0) is 14.8 Å². The van der Waals surface area contributed by atoms with E-state index in [2.05, 4.69) is 19.2 Å². The zero-order chi connectivity index (χ0) is 23.0. The molecule has 0 atom stereocenters. The van der Waals surface area contributed by atoms with Gasteiger partial charge in [-0.05, 0) is 29.7 Å². The molecule has 8 nitrogen and oxygen atoms in total. The summed E-state index contributed by atoms with van der Waals surface area (Å²) in [6.07, 6.45) is 1.04. The molecular formula is C22H30N2O6S. The Balaban J connectivity index is 2.00. The summed E-state index contributed by atoms with van der Waals surface area (Å²) in [6, 6.07) is 12.4. The fourth-order valence-corrected chi connectivity index (χ4v) is 3.86. The molecule has 0 fully saturated rings. The number of sulfonamides is 1. The number of hydrogen-bond acceptors (Lipinski definition) is 6. The number of rotatable bonds is 11. The molecule has 2 aromatic rings. The first kappa shape index (κ1) is 24.3. The molecule has 0 aromatic heterocycles. The maximum Gasteiger partial charge on any atom is 0.240 e. The molecule has 1 N–H and O–H groups in total. The van der Waals surface area contributed by atoms with Gasteiger partial charge in [-0.1, -0.05) is 32.0 Å². The topological polar surface area (TPSA) is 94.2 Å². The van der Waals surface area contributed by atoms with Gasteiger partial charge in [-0.3, -0.25) is 9.10 Å². The SMILES string of the molecule is COc1ccc(N(CC(=O)NCCOc2ccccc2C(C)C)S(C)(=O)=O)cc1OC. The van der Waals surface area contributed by atoms with Crippen molar-refractivity contribution in [2.75, 3.05) is 44.5 Å². The molecular weight excluding hydrogens is 420 g/mol. The minimum atomic E-state index is -3.70. The highest BCUT2D eigenvalue weighted by Crippen LogP contribution is 2.32. The van der Waals surface area contributed by atoms with Crippen LogP contribution < -0.4 is 23.8 Å². The van der Waals surface area contributed by atoms with Crippen molar-refractivity contribution in [3.63, 3.8) is 0 Å². The largest absolute Gasteiger partial charge is 0.493 e. The number of nitrogens with one attached hydrogen (secondary N) is 1. The molecule has 1 amide bonds. The monoisotopic (exact) mass is 450 g/mol. The number of nitrogens with zero attached hydrogens (tertiary/aromatic N) is 1. The summed E-state index contributed by atoms with van der Waals surface area (Å²) in [5, 5.41) is 2.70. The maximum atomic E-state index is 12.4. The lowest BCUT2D eigenvalue weighted by atomic mass is 10.0. The molecule has 0 unspecified atom stereocenters. The summed E-state index contributed by atoms with van der Waals surface area (Å²) >= 11 is 0. The Morgan fingerprint density at radius 2 is 1.71 bits per heavy atom. The van der Waals surface area contributed by atoms with Gasteiger partial charge < -0.3 is 19.5 Å². The second kappa shape index (κ2) is 10.9. The lowest BCUT2D eigenvalue weighted by Crippen LogP contribution is -2.41. The number of methoxy groups -OCH3 is 2. The molecule has 2 rings (SSSR count). The van der Waals surface area contributed by atoms with E-state index in [1.165, 1.54) is 20.3 Å². The number of carbonyl (C=O) groups excluding carboxylic acids is 1. The maximum absolute atomic E-state index is 12.4. The molecule has 0 saturated carbocycles. The van der Waals surface area contributed by atoms with Crippen molar-refractivity contribution in [1.29, 1.82) is 0 Å². The van der Waals surface area contributed by atoms with Crippen LogP contribution in [0.5, 0.6) is 17.2 Å². The lowest BCUT2D eigenvalue weighted by molar-refractivity contribution is -0.119. The lowest BCUT2D eigenvalue weighted by Gasteiger charge is -2.23. The number of benzene rings is 2. The van der Waals surface area contributed by atoms with Crippen molar-refractivity contribution < 1.29 is 27.4 Å². The van der Waals surface area contributed by atoms with Gasteiger partial charge in [0.15, 0.2) is 11.5 Å². The van der Waals surface area contributed by atoms with Gasteiger partial charge in [0.25, 0.3) is 0 Å². The second-order valence-corrected chi connectivity index (χ2v) is 9.11. The molecule has 0 bridgehead atoms. The smallest absolute Gasteiger partial charge is 0.240 e. The van der Waals surface area contributed by atoms with Gasteiger partial charge in [-0.15, -0.1) is 0 Å². The number of hydrogen-bond donors (Lipinski definition) is 1. The number of anilines is 1. The van der Waals surface area contributed by atoms with Crippen molar-refractivity contribution in [3.05, 3.63) is 48.0 Å². The molecule has 31 heavy (non-hydrogen) atoms. The van der Waals surface area contributed by atoms with Gasteiger partial charge in [-0.2, -0.15) is 0 Å². The van der Waals surface area contributed by atoms with Crippen LogP contribution in [0.15, 0.2) is 42.5 Å². The zero-order valence-corrected chi connectivity index (χ0v) is 19.4. The third-order valence-corrected chi connectivity index (χ3v) is 5.71. The molecule has 0 spiro atoms. The first-order valence-corrected chi connectivity index (χ1v) is 11.7. The predicted molar refractivity (Wildman–Crippen MR) is 121 cm³/mol. The molecule has 2 aromatic carbocycles. The standard InChI is InChI=1S/C22H30N2O6S/c1-16(2)18-8-6-7-9-19(18)30-13-12-23-22(25)15-24(31(5,26)27)17-10-11-20(28-3)21(14-17)29-4/h6-11,14,16H,12-13,15H2,1-5H3,(H,23,25). The number of amides is 1. The Labute approximate surface area is 184 Å². The van der Waals surface area contributed by atoms with E-state index in [9.17, 15) is 13.2 Å². The highest BCUT2D eigenvalue weighted by atomic mass is 32.2. The van der Waals surface area contributed by atoms with Gasteiger partial charge in [0.2, 0.25) is 15.9 Å². The second-order valence-electron chi connectivity index (χ2n) is 7.20. The summed E-state index contributed by atoms with van der Waals surface area (Å²) in [7, 11) is -0.759. The van der Waals surface area contributed by atoms with Crippen LogP contribution in [0.4, 0.5) is 5.69 Å². The molecule has 0 saturated heterocycles. The Morgan fingerprint density at radius 1 is 1.03 bits per heavy atom. The minimum Gasteiger partial charge on any atom is -0.493 e. The summed E-state index contributed by atoms with van der Waals surface area (Å²) in [5.74, 6) is 1.47. The molecule has 0 aliphatic rings. The van der Waals surface area contributed by atoms with Crippen LogP contribution in [0.3, 0.4) is 0 Å². The van der Waals surface area contributed by atoms with Crippen molar-refractivity contribution in [3.8, 4) is 17.2 Å². The summed E-state index contributed by atoms with van der Waals surface area (Å²) in [4.78, 5) is 12.4. The first-order chi connectivity index (χ1) is 14.7. The van der Waals surface area contributed by atoms with Gasteiger partial charge in [-0.25, -0.2) is 8.42 Å². The Hall–Kier alpha value is -2.94. The van der Waals surface area contributed by atoms with Crippen LogP contribution in [-0.4, -0.2) is 54.5 Å². The highest BCUT2D eigenvalue weighted by Gasteiger charge is 2.22. The van der Waals surface area contributed by atoms with Gasteiger partial charge in [0.05, 0.1) is 32.7 Å². The van der Waals surface area contributed by atoms with E-state index < -0.39 is 15.9 Å². The van der Waals surface area contributed by atoms with Crippen molar-refractivity contribution in [1.82, 2.24) is 5.32 Å². The fourth-order valence-electron chi connectivity index (χ4n) is 3.01. The van der Waals surface area contributed by atoms with Crippen LogP contribution >= 0.6 is 0 Å². The third-order valence-electron chi connectivity index (χ3n) is 4.57. The quantitative estimate of drug-likeness (QED) is 0.529. The Bertz CT molecular complexity index is 991. The fraction of sp³-hybridized carbons (Fsp3) is 0.409. The van der Waals surface area contributed by atoms with E-state index in [0.717, 1.165) is 21.9 Å². The van der Waals surface area contributed by atoms with E-state index in [1.807, 2.05) is 24.3 Å². The summed E-state index contributed by atoms with van der Waals surface area (Å²) < 4.78 is 41.8. The molecule has 0 aliphatic carbocycles. The van der Waals surface area contributed by atoms with Gasteiger partial charge >= 0.3 is 0 Å². The van der Waals surface area contributed by atoms with Gasteiger partial charge in [0.1, 0.15) is 18.9 Å². The predicted octanol–water partition coefficient (Wildman–Crippen LogP) is 2.79. The van der Waals surface area contributed by atoms with E-state index in [0.29, 0.717) is 23.1 Å². The minimum absolute atomic E-state index is 0.245. The third kappa shape index (κ3) is 6.78. The Morgan fingerprint density at radius 3 is 2.32 bits per heavy atom. The van der Waals surface area contributed by atoms with E-state index in [4.69, 9.17) is 14.2 Å². The normalized spacial score (nSPS) is 11.2. The number of carbonyl (C=O) groups is 1. The molecule has 0 aliphatic heterocycles. The van der Waals surface area contributed by atoms with Crippen LogP contribution in [0.2, 0.25) is 0 Å². The summed E-state index contributed by atoms with van der Waals surface area (Å²) in [5.41, 5.74) is 1.39. The van der Waals surface area contributed by atoms with Crippen LogP contribution in [0, 0.1) is 0 Å². The highest BCUT2D eigenvalue weighted by molar-refractivity contribution is 7.92. The average Bonchev–Trinajstić information content (AvgIpc) is 2.74. The number of para-hydroxylation sites is 1. The first-order valence-electron chi connectivity index (χ1n) is 9.85. The molecule has 170 valence electrons. The van der Waals surface area contributed by atoms with Gasteiger partial charge in [0, 0.05) is 6.07 Å². The van der Waals surface area contributed by atoms with Crippen molar-refractivity contribution >= 4 is 21.6 Å². The average molecular weight is 451 g/mol. The number of ether oxygens (including phenoxy) is 3. The molecule has 0 radical (unpaired) electrons. The molecule has 0 heterocycles. The zero-order valence-electron chi connectivity index (χ0n) is 18.5. The van der Waals surface area contributed by atoms with E-state index in [1.54, 1.807) is 12.1 Å². The van der Waals surface area contributed by atoms with E-state index >= 15 is 0 Å². The van der Waals surface area contributed by atoms with Crippen molar-refractivity contribution in [2.45, 2.75) is 19.8 Å².